The summed E-state index contributed by atoms with van der Waals surface area (Å²) in [6.45, 7) is 1.95. The number of aromatic nitrogens is 2. The molecule has 0 aliphatic heterocycles. The highest BCUT2D eigenvalue weighted by atomic mass is 35.5. The Labute approximate surface area is 150 Å². The number of H-pyrrole nitrogens is 1. The van der Waals surface area contributed by atoms with E-state index in [9.17, 15) is 9.50 Å². The van der Waals surface area contributed by atoms with Crippen LogP contribution in [0.3, 0.4) is 0 Å². The molecule has 2 aromatic carbocycles. The molecule has 0 saturated carbocycles. The Morgan fingerprint density at radius 1 is 1.32 bits per heavy atom. The smallest absolute Gasteiger partial charge is 0.143 e. The summed E-state index contributed by atoms with van der Waals surface area (Å²) in [5.41, 5.74) is 2.49. The molecule has 1 atom stereocenters. The van der Waals surface area contributed by atoms with E-state index in [-0.39, 0.29) is 22.4 Å². The lowest BCUT2D eigenvalue weighted by Crippen LogP contribution is -2.12. The molecule has 0 radical (unpaired) electrons. The summed E-state index contributed by atoms with van der Waals surface area (Å²) in [6.07, 6.45) is 3.99. The van der Waals surface area contributed by atoms with E-state index in [4.69, 9.17) is 16.6 Å². The summed E-state index contributed by atoms with van der Waals surface area (Å²) in [5, 5.41) is 10.3. The first-order chi connectivity index (χ1) is 12.0. The molecule has 1 aromatic heterocycles. The maximum atomic E-state index is 13.9. The largest absolute Gasteiger partial charge is 0.506 e. The monoisotopic (exact) mass is 357 g/mol. The summed E-state index contributed by atoms with van der Waals surface area (Å²) < 4.78 is 13.9. The second kappa shape index (κ2) is 7.49. The van der Waals surface area contributed by atoms with Crippen LogP contribution >= 0.6 is 11.6 Å². The van der Waals surface area contributed by atoms with E-state index in [0.717, 1.165) is 17.3 Å². The Morgan fingerprint density at radius 3 is 2.76 bits per heavy atom. The molecule has 0 fully saturated rings. The number of hydrogen-bond acceptors (Lipinski definition) is 3. The fourth-order valence-corrected chi connectivity index (χ4v) is 2.83. The molecule has 128 valence electrons. The summed E-state index contributed by atoms with van der Waals surface area (Å²) >= 11 is 5.94. The van der Waals surface area contributed by atoms with Crippen molar-refractivity contribution in [2.24, 2.45) is 4.99 Å². The molecule has 0 spiro atoms. The molecule has 3 rings (SSSR count). The van der Waals surface area contributed by atoms with Gasteiger partial charge in [0.25, 0.3) is 0 Å². The summed E-state index contributed by atoms with van der Waals surface area (Å²) in [7, 11) is 0. The Balaban J connectivity index is 2.06. The maximum absolute atomic E-state index is 13.9. The quantitative estimate of drug-likeness (QED) is 0.666. The van der Waals surface area contributed by atoms with Gasteiger partial charge in [-0.2, -0.15) is 0 Å². The van der Waals surface area contributed by atoms with Crippen LogP contribution in [0.25, 0.3) is 0 Å². The first-order valence-corrected chi connectivity index (χ1v) is 8.21. The van der Waals surface area contributed by atoms with Crippen LogP contribution in [0, 0.1) is 5.82 Å². The van der Waals surface area contributed by atoms with Gasteiger partial charge < -0.3 is 10.1 Å². The number of aromatic hydroxyl groups is 1. The first kappa shape index (κ1) is 17.2. The molecule has 0 saturated heterocycles. The lowest BCUT2D eigenvalue weighted by atomic mass is 10.0. The van der Waals surface area contributed by atoms with Crippen LogP contribution in [0.15, 0.2) is 60.0 Å². The topological polar surface area (TPSA) is 61.3 Å². The van der Waals surface area contributed by atoms with Crippen LogP contribution < -0.4 is 0 Å². The molecule has 0 amide bonds. The number of benzene rings is 2. The Bertz CT molecular complexity index is 879. The van der Waals surface area contributed by atoms with Crippen molar-refractivity contribution in [3.05, 3.63) is 82.6 Å². The molecule has 4 nitrogen and oxygen atoms in total. The van der Waals surface area contributed by atoms with Gasteiger partial charge >= 0.3 is 0 Å². The molecule has 25 heavy (non-hydrogen) atoms. The van der Waals surface area contributed by atoms with Crippen molar-refractivity contribution >= 4 is 17.3 Å². The van der Waals surface area contributed by atoms with Gasteiger partial charge in [-0.15, -0.1) is 0 Å². The van der Waals surface area contributed by atoms with Gasteiger partial charge in [0, 0.05) is 29.4 Å². The zero-order chi connectivity index (χ0) is 17.8. The Hall–Kier alpha value is -2.66. The van der Waals surface area contributed by atoms with Crippen molar-refractivity contribution in [3.63, 3.8) is 0 Å². The van der Waals surface area contributed by atoms with E-state index >= 15 is 0 Å². The Kier molecular flexibility index (Phi) is 5.14. The highest BCUT2D eigenvalue weighted by Crippen LogP contribution is 2.31. The zero-order valence-corrected chi connectivity index (χ0v) is 14.3. The number of phenolic OH excluding ortho intramolecular Hbond substituents is 1. The minimum Gasteiger partial charge on any atom is -0.506 e. The molecule has 0 aliphatic carbocycles. The lowest BCUT2D eigenvalue weighted by Gasteiger charge is -2.14. The minimum atomic E-state index is -0.525. The third-order valence-electron chi connectivity index (χ3n) is 3.75. The highest BCUT2D eigenvalue weighted by Gasteiger charge is 2.17. The molecule has 2 N–H and O–H groups in total. The summed E-state index contributed by atoms with van der Waals surface area (Å²) in [6, 6.07) is 11.5. The van der Waals surface area contributed by atoms with E-state index in [1.807, 2.05) is 37.3 Å². The number of imidazole rings is 1. The Morgan fingerprint density at radius 2 is 2.08 bits per heavy atom. The standard InChI is InChI=1S/C19H17ClFN3O/c1-12(7-15-10-22-11-23-15)24-18(13-5-3-2-4-6-13)16-8-14(21)9-17(20)19(16)25/h2-6,8-12,25H,7H2,1H3,(H,22,23)/t12-/m1/s1. The maximum Gasteiger partial charge on any atom is 0.143 e. The van der Waals surface area contributed by atoms with Gasteiger partial charge in [-0.3, -0.25) is 4.99 Å². The van der Waals surface area contributed by atoms with E-state index in [0.29, 0.717) is 12.1 Å². The van der Waals surface area contributed by atoms with Crippen molar-refractivity contribution in [1.29, 1.82) is 0 Å². The van der Waals surface area contributed by atoms with E-state index in [2.05, 4.69) is 9.97 Å². The number of hydrogen-bond donors (Lipinski definition) is 2. The molecular weight excluding hydrogens is 341 g/mol. The van der Waals surface area contributed by atoms with Crippen LogP contribution in [0.4, 0.5) is 4.39 Å². The van der Waals surface area contributed by atoms with Crippen LogP contribution in [0.2, 0.25) is 5.02 Å². The van der Waals surface area contributed by atoms with Gasteiger partial charge in [0.2, 0.25) is 0 Å². The van der Waals surface area contributed by atoms with E-state index < -0.39 is 5.82 Å². The lowest BCUT2D eigenvalue weighted by molar-refractivity contribution is 0.472. The second-order valence-electron chi connectivity index (χ2n) is 5.76. The predicted molar refractivity (Wildman–Crippen MR) is 96.9 cm³/mol. The number of halogens is 2. The van der Waals surface area contributed by atoms with Crippen LogP contribution in [-0.4, -0.2) is 26.8 Å². The van der Waals surface area contributed by atoms with Crippen LogP contribution in [0.5, 0.6) is 5.75 Å². The van der Waals surface area contributed by atoms with Crippen LogP contribution in [0.1, 0.15) is 23.7 Å². The third-order valence-corrected chi connectivity index (χ3v) is 4.04. The van der Waals surface area contributed by atoms with E-state index in [1.165, 1.54) is 6.07 Å². The predicted octanol–water partition coefficient (Wildman–Crippen LogP) is 4.38. The average molecular weight is 358 g/mol. The van der Waals surface area contributed by atoms with Gasteiger partial charge in [0.1, 0.15) is 11.6 Å². The number of nitrogens with one attached hydrogen (secondary N) is 1. The molecule has 3 aromatic rings. The second-order valence-corrected chi connectivity index (χ2v) is 6.16. The first-order valence-electron chi connectivity index (χ1n) is 7.83. The number of aliphatic imine (C=N–C) groups is 1. The SMILES string of the molecule is C[C@H](Cc1cnc[nH]1)N=C(c1ccccc1)c1cc(F)cc(Cl)c1O. The van der Waals surface area contributed by atoms with Gasteiger partial charge in [-0.1, -0.05) is 41.9 Å². The molecule has 0 aliphatic rings. The summed E-state index contributed by atoms with van der Waals surface area (Å²) in [4.78, 5) is 11.8. The highest BCUT2D eigenvalue weighted by molar-refractivity contribution is 6.33. The van der Waals surface area contributed by atoms with Gasteiger partial charge in [0.15, 0.2) is 0 Å². The molecule has 0 unspecified atom stereocenters. The normalized spacial score (nSPS) is 13.0. The van der Waals surface area contributed by atoms with Gasteiger partial charge in [-0.25, -0.2) is 9.37 Å². The fraction of sp³-hybridized carbons (Fsp3) is 0.158. The number of phenols is 1. The van der Waals surface area contributed by atoms with Crippen molar-refractivity contribution in [3.8, 4) is 5.75 Å². The molecule has 6 heteroatoms. The zero-order valence-electron chi connectivity index (χ0n) is 13.6. The van der Waals surface area contributed by atoms with Crippen molar-refractivity contribution < 1.29 is 9.50 Å². The molecule has 0 bridgehead atoms. The fourth-order valence-electron chi connectivity index (χ4n) is 2.62. The summed E-state index contributed by atoms with van der Waals surface area (Å²) in [5.74, 6) is -0.706. The van der Waals surface area contributed by atoms with Crippen molar-refractivity contribution in [2.75, 3.05) is 0 Å². The number of rotatable bonds is 5. The molecular formula is C19H17ClFN3O. The van der Waals surface area contributed by atoms with E-state index in [1.54, 1.807) is 12.5 Å². The van der Waals surface area contributed by atoms with Crippen molar-refractivity contribution in [1.82, 2.24) is 9.97 Å². The van der Waals surface area contributed by atoms with Gasteiger partial charge in [-0.05, 0) is 19.1 Å². The number of nitrogens with zero attached hydrogens (tertiary/aromatic N) is 2. The third kappa shape index (κ3) is 4.06. The minimum absolute atomic E-state index is 0.0418. The number of aromatic amines is 1. The van der Waals surface area contributed by atoms with Crippen LogP contribution in [-0.2, 0) is 6.42 Å². The average Bonchev–Trinajstić information content (AvgIpc) is 3.10. The van der Waals surface area contributed by atoms with Gasteiger partial charge in [0.05, 0.1) is 23.1 Å². The molecule has 1 heterocycles. The van der Waals surface area contributed by atoms with Crippen molar-refractivity contribution in [2.45, 2.75) is 19.4 Å².